The number of aromatic amines is 1. The molecule has 0 saturated carbocycles. The molecule has 1 N–H and O–H groups in total. The minimum Gasteiger partial charge on any atom is -0.466 e. The molecule has 6 heteroatoms. The molecule has 2 rings (SSSR count). The third-order valence-corrected chi connectivity index (χ3v) is 2.87. The molecule has 0 fully saturated rings. The number of nitrogens with one attached hydrogen (secondary N) is 1. The fourth-order valence-electron chi connectivity index (χ4n) is 2.05. The van der Waals surface area contributed by atoms with Gasteiger partial charge in [0.25, 0.3) is 5.69 Å². The Kier molecular flexibility index (Phi) is 3.79. The second kappa shape index (κ2) is 5.51. The number of aromatic nitrogens is 1. The van der Waals surface area contributed by atoms with Crippen molar-refractivity contribution in [1.82, 2.24) is 4.98 Å². The molecule has 0 amide bonds. The van der Waals surface area contributed by atoms with Crippen molar-refractivity contribution in [2.75, 3.05) is 6.61 Å². The molecule has 0 aliphatic rings. The summed E-state index contributed by atoms with van der Waals surface area (Å²) in [6, 6.07) is 4.87. The van der Waals surface area contributed by atoms with Crippen LogP contribution in [0.3, 0.4) is 0 Å². The number of H-pyrrole nitrogens is 1. The molecular weight excluding hydrogens is 248 g/mol. The first kappa shape index (κ1) is 13.1. The molecule has 0 spiro atoms. The normalized spacial score (nSPS) is 10.6. The van der Waals surface area contributed by atoms with Crippen LogP contribution >= 0.6 is 0 Å². The number of fused-ring (bicyclic) bond motifs is 1. The maximum Gasteiger partial charge on any atom is 0.306 e. The van der Waals surface area contributed by atoms with Crippen molar-refractivity contribution in [3.8, 4) is 0 Å². The van der Waals surface area contributed by atoms with Crippen molar-refractivity contribution in [2.24, 2.45) is 0 Å². The van der Waals surface area contributed by atoms with Gasteiger partial charge in [-0.3, -0.25) is 14.9 Å². The van der Waals surface area contributed by atoms with Gasteiger partial charge in [0.05, 0.1) is 22.4 Å². The van der Waals surface area contributed by atoms with Crippen molar-refractivity contribution in [3.63, 3.8) is 0 Å². The molecular formula is C13H14N2O4. The second-order valence-corrected chi connectivity index (χ2v) is 4.08. The van der Waals surface area contributed by atoms with Gasteiger partial charge in [0.15, 0.2) is 0 Å². The highest BCUT2D eigenvalue weighted by atomic mass is 16.6. The molecule has 0 unspecified atom stereocenters. The first-order valence-electron chi connectivity index (χ1n) is 6.02. The predicted octanol–water partition coefficient (Wildman–Crippen LogP) is 2.57. The summed E-state index contributed by atoms with van der Waals surface area (Å²) in [5.41, 5.74) is 1.51. The summed E-state index contributed by atoms with van der Waals surface area (Å²) in [5, 5.41) is 11.6. The number of ether oxygens (including phenoxy) is 1. The van der Waals surface area contributed by atoms with E-state index in [-0.39, 0.29) is 18.1 Å². The number of esters is 1. The third kappa shape index (κ3) is 2.73. The number of non-ortho nitro benzene ring substituents is 1. The summed E-state index contributed by atoms with van der Waals surface area (Å²) in [6.45, 7) is 2.08. The van der Waals surface area contributed by atoms with Crippen molar-refractivity contribution < 1.29 is 14.5 Å². The summed E-state index contributed by atoms with van der Waals surface area (Å²) >= 11 is 0. The van der Waals surface area contributed by atoms with Crippen LogP contribution in [0.2, 0.25) is 0 Å². The van der Waals surface area contributed by atoms with Gasteiger partial charge in [-0.2, -0.15) is 0 Å². The van der Waals surface area contributed by atoms with Gasteiger partial charge in [0.1, 0.15) is 0 Å². The van der Waals surface area contributed by atoms with Gasteiger partial charge in [0.2, 0.25) is 0 Å². The van der Waals surface area contributed by atoms with E-state index in [0.717, 1.165) is 5.56 Å². The second-order valence-electron chi connectivity index (χ2n) is 4.08. The minimum atomic E-state index is -0.413. The van der Waals surface area contributed by atoms with E-state index >= 15 is 0 Å². The molecule has 0 aliphatic heterocycles. The molecule has 1 aromatic heterocycles. The van der Waals surface area contributed by atoms with Gasteiger partial charge in [-0.25, -0.2) is 0 Å². The molecule has 0 atom stereocenters. The molecule has 1 aromatic carbocycles. The average molecular weight is 262 g/mol. The van der Waals surface area contributed by atoms with Gasteiger partial charge < -0.3 is 9.72 Å². The fraction of sp³-hybridized carbons (Fsp3) is 0.308. The van der Waals surface area contributed by atoms with Crippen LogP contribution in [0.1, 0.15) is 18.9 Å². The van der Waals surface area contributed by atoms with E-state index in [0.29, 0.717) is 23.9 Å². The molecule has 0 saturated heterocycles. The quantitative estimate of drug-likeness (QED) is 0.509. The number of rotatable bonds is 5. The van der Waals surface area contributed by atoms with Gasteiger partial charge in [0, 0.05) is 18.7 Å². The van der Waals surface area contributed by atoms with E-state index < -0.39 is 4.92 Å². The molecule has 1 heterocycles. The number of nitrogens with zero attached hydrogens (tertiary/aromatic N) is 1. The first-order chi connectivity index (χ1) is 9.13. The van der Waals surface area contributed by atoms with E-state index in [2.05, 4.69) is 4.98 Å². The first-order valence-corrected chi connectivity index (χ1v) is 6.02. The van der Waals surface area contributed by atoms with Crippen LogP contribution in [0.5, 0.6) is 0 Å². The van der Waals surface area contributed by atoms with E-state index in [1.165, 1.54) is 6.07 Å². The Labute approximate surface area is 109 Å². The largest absolute Gasteiger partial charge is 0.466 e. The number of aryl methyl sites for hydroxylation is 1. The Bertz CT molecular complexity index is 618. The molecule has 0 bridgehead atoms. The SMILES string of the molecule is CCOC(=O)CCc1c[nH]c2cccc([N+](=O)[O-])c12. The maximum absolute atomic E-state index is 11.3. The molecule has 19 heavy (non-hydrogen) atoms. The monoisotopic (exact) mass is 262 g/mol. The van der Waals surface area contributed by atoms with Gasteiger partial charge in [-0.05, 0) is 25.0 Å². The highest BCUT2D eigenvalue weighted by Crippen LogP contribution is 2.29. The molecule has 100 valence electrons. The van der Waals surface area contributed by atoms with Crippen LogP contribution in [0.25, 0.3) is 10.9 Å². The Morgan fingerprint density at radius 1 is 1.47 bits per heavy atom. The fourth-order valence-corrected chi connectivity index (χ4v) is 2.05. The summed E-state index contributed by atoms with van der Waals surface area (Å²) in [5.74, 6) is -0.296. The zero-order chi connectivity index (χ0) is 13.8. The summed E-state index contributed by atoms with van der Waals surface area (Å²) in [7, 11) is 0. The lowest BCUT2D eigenvalue weighted by molar-refractivity contribution is -0.383. The van der Waals surface area contributed by atoms with Gasteiger partial charge in [-0.1, -0.05) is 6.07 Å². The number of hydrogen-bond acceptors (Lipinski definition) is 4. The van der Waals surface area contributed by atoms with Crippen molar-refractivity contribution in [1.29, 1.82) is 0 Å². The van der Waals surface area contributed by atoms with Crippen molar-refractivity contribution in [2.45, 2.75) is 19.8 Å². The maximum atomic E-state index is 11.3. The lowest BCUT2D eigenvalue weighted by Gasteiger charge is -2.01. The number of carbonyl (C=O) groups is 1. The standard InChI is InChI=1S/C13H14N2O4/c1-2-19-12(16)7-6-9-8-14-10-4-3-5-11(13(9)10)15(17)18/h3-5,8,14H,2,6-7H2,1H3. The smallest absolute Gasteiger partial charge is 0.306 e. The topological polar surface area (TPSA) is 85.2 Å². The zero-order valence-electron chi connectivity index (χ0n) is 10.5. The summed E-state index contributed by atoms with van der Waals surface area (Å²) in [4.78, 5) is 24.9. The lowest BCUT2D eigenvalue weighted by atomic mass is 10.1. The Balaban J connectivity index is 2.29. The number of nitro benzene ring substituents is 1. The van der Waals surface area contributed by atoms with E-state index in [1.807, 2.05) is 0 Å². The Morgan fingerprint density at radius 2 is 2.26 bits per heavy atom. The van der Waals surface area contributed by atoms with E-state index in [9.17, 15) is 14.9 Å². The van der Waals surface area contributed by atoms with Crippen LogP contribution in [-0.4, -0.2) is 22.5 Å². The van der Waals surface area contributed by atoms with E-state index in [4.69, 9.17) is 4.74 Å². The molecule has 2 aromatic rings. The Morgan fingerprint density at radius 3 is 2.95 bits per heavy atom. The molecule has 0 aliphatic carbocycles. The lowest BCUT2D eigenvalue weighted by Crippen LogP contribution is -2.05. The highest BCUT2D eigenvalue weighted by Gasteiger charge is 2.17. The van der Waals surface area contributed by atoms with Crippen molar-refractivity contribution >= 4 is 22.6 Å². The number of benzene rings is 1. The summed E-state index contributed by atoms with van der Waals surface area (Å²) in [6.07, 6.45) is 2.34. The molecule has 0 radical (unpaired) electrons. The van der Waals surface area contributed by atoms with E-state index in [1.54, 1.807) is 25.3 Å². The highest BCUT2D eigenvalue weighted by molar-refractivity contribution is 5.92. The summed E-state index contributed by atoms with van der Waals surface area (Å²) < 4.78 is 4.85. The predicted molar refractivity (Wildman–Crippen MR) is 69.9 cm³/mol. The average Bonchev–Trinajstić information content (AvgIpc) is 2.79. The van der Waals surface area contributed by atoms with Crippen LogP contribution in [0.15, 0.2) is 24.4 Å². The third-order valence-electron chi connectivity index (χ3n) is 2.87. The van der Waals surface area contributed by atoms with Crippen molar-refractivity contribution in [3.05, 3.63) is 40.1 Å². The van der Waals surface area contributed by atoms with Gasteiger partial charge in [-0.15, -0.1) is 0 Å². The molecule has 6 nitrogen and oxygen atoms in total. The number of carbonyl (C=O) groups excluding carboxylic acids is 1. The number of hydrogen-bond donors (Lipinski definition) is 1. The van der Waals surface area contributed by atoms with Gasteiger partial charge >= 0.3 is 5.97 Å². The number of nitro groups is 1. The Hall–Kier alpha value is -2.37. The van der Waals surface area contributed by atoms with Crippen LogP contribution in [0, 0.1) is 10.1 Å². The van der Waals surface area contributed by atoms with Crippen LogP contribution in [0.4, 0.5) is 5.69 Å². The van der Waals surface area contributed by atoms with Crippen LogP contribution in [-0.2, 0) is 16.0 Å². The zero-order valence-corrected chi connectivity index (χ0v) is 10.5. The minimum absolute atomic E-state index is 0.0533. The van der Waals surface area contributed by atoms with Crippen LogP contribution < -0.4 is 0 Å².